The zero-order chi connectivity index (χ0) is 11.3. The Kier molecular flexibility index (Phi) is 2.31. The molecule has 16 heavy (non-hydrogen) atoms. The van der Waals surface area contributed by atoms with Crippen molar-refractivity contribution in [2.45, 2.75) is 26.2 Å². The number of hydrogen-bond donors (Lipinski definition) is 1. The van der Waals surface area contributed by atoms with E-state index in [1.807, 2.05) is 6.07 Å². The van der Waals surface area contributed by atoms with Gasteiger partial charge in [0, 0.05) is 24.0 Å². The molecule has 2 heteroatoms. The fourth-order valence-electron chi connectivity index (χ4n) is 3.48. The van der Waals surface area contributed by atoms with Crippen LogP contribution in [0.4, 0.5) is 0 Å². The second-order valence-electron chi connectivity index (χ2n) is 5.60. The van der Waals surface area contributed by atoms with Crippen LogP contribution in [0.2, 0.25) is 5.02 Å². The summed E-state index contributed by atoms with van der Waals surface area (Å²) in [5.74, 6) is 1.35. The summed E-state index contributed by atoms with van der Waals surface area (Å²) in [6.45, 7) is 7.04. The van der Waals surface area contributed by atoms with Gasteiger partial charge in [0.1, 0.15) is 0 Å². The molecule has 1 heterocycles. The minimum Gasteiger partial charge on any atom is -0.316 e. The average Bonchev–Trinajstić information content (AvgIpc) is 2.64. The van der Waals surface area contributed by atoms with Gasteiger partial charge < -0.3 is 5.32 Å². The van der Waals surface area contributed by atoms with Gasteiger partial charge in [0.2, 0.25) is 0 Å². The van der Waals surface area contributed by atoms with E-state index in [-0.39, 0.29) is 0 Å². The molecule has 1 nitrogen and oxygen atoms in total. The molecule has 0 amide bonds. The molecule has 86 valence electrons. The van der Waals surface area contributed by atoms with E-state index in [1.54, 1.807) is 0 Å². The lowest BCUT2D eigenvalue weighted by atomic mass is 9.61. The molecule has 1 saturated heterocycles. The summed E-state index contributed by atoms with van der Waals surface area (Å²) >= 11 is 6.32. The second kappa shape index (κ2) is 3.48. The Morgan fingerprint density at radius 2 is 2.25 bits per heavy atom. The number of fused-ring (bicyclic) bond motifs is 3. The van der Waals surface area contributed by atoms with Crippen molar-refractivity contribution in [2.24, 2.45) is 11.3 Å². The standard InChI is InChI=1S/C14H18ClN/c1-9-6-11-10(4-3-5-13(11)15)12-7-16-8-14(9,12)2/h3-5,9,12,16H,6-8H2,1-2H3/t9-,12+,14+/m0/s1. The van der Waals surface area contributed by atoms with E-state index in [2.05, 4.69) is 31.3 Å². The van der Waals surface area contributed by atoms with Crippen molar-refractivity contribution in [1.82, 2.24) is 5.32 Å². The van der Waals surface area contributed by atoms with Gasteiger partial charge >= 0.3 is 0 Å². The number of rotatable bonds is 0. The molecular weight excluding hydrogens is 218 g/mol. The Bertz CT molecular complexity index is 429. The summed E-state index contributed by atoms with van der Waals surface area (Å²) in [6, 6.07) is 6.39. The molecule has 0 spiro atoms. The molecule has 2 aliphatic rings. The smallest absolute Gasteiger partial charge is 0.0440 e. The summed E-state index contributed by atoms with van der Waals surface area (Å²) in [5, 5.41) is 4.51. The van der Waals surface area contributed by atoms with Crippen molar-refractivity contribution < 1.29 is 0 Å². The van der Waals surface area contributed by atoms with E-state index in [4.69, 9.17) is 11.6 Å². The largest absolute Gasteiger partial charge is 0.316 e. The predicted molar refractivity (Wildman–Crippen MR) is 68.0 cm³/mol. The Balaban J connectivity index is 2.16. The van der Waals surface area contributed by atoms with Gasteiger partial charge in [-0.1, -0.05) is 37.6 Å². The molecule has 0 bridgehead atoms. The third-order valence-electron chi connectivity index (χ3n) is 4.82. The molecular formula is C14H18ClN. The Morgan fingerprint density at radius 1 is 1.44 bits per heavy atom. The first kappa shape index (κ1) is 10.6. The average molecular weight is 236 g/mol. The van der Waals surface area contributed by atoms with Crippen LogP contribution in [-0.2, 0) is 6.42 Å². The maximum absolute atomic E-state index is 6.32. The van der Waals surface area contributed by atoms with E-state index in [9.17, 15) is 0 Å². The summed E-state index contributed by atoms with van der Waals surface area (Å²) < 4.78 is 0. The van der Waals surface area contributed by atoms with Gasteiger partial charge in [0.25, 0.3) is 0 Å². The second-order valence-corrected chi connectivity index (χ2v) is 6.01. The van der Waals surface area contributed by atoms with Gasteiger partial charge in [-0.25, -0.2) is 0 Å². The van der Waals surface area contributed by atoms with Crippen LogP contribution in [0.3, 0.4) is 0 Å². The zero-order valence-electron chi connectivity index (χ0n) is 9.89. The topological polar surface area (TPSA) is 12.0 Å². The summed E-state index contributed by atoms with van der Waals surface area (Å²) in [5.41, 5.74) is 3.29. The molecule has 1 N–H and O–H groups in total. The minimum atomic E-state index is 0.414. The lowest BCUT2D eigenvalue weighted by Crippen LogP contribution is -2.37. The van der Waals surface area contributed by atoms with E-state index >= 15 is 0 Å². The van der Waals surface area contributed by atoms with Crippen LogP contribution in [0.5, 0.6) is 0 Å². The van der Waals surface area contributed by atoms with Gasteiger partial charge in [-0.15, -0.1) is 0 Å². The first-order valence-electron chi connectivity index (χ1n) is 6.11. The molecule has 0 aromatic heterocycles. The first-order valence-corrected chi connectivity index (χ1v) is 6.49. The third kappa shape index (κ3) is 1.28. The minimum absolute atomic E-state index is 0.414. The van der Waals surface area contributed by atoms with Crippen LogP contribution >= 0.6 is 11.6 Å². The van der Waals surface area contributed by atoms with E-state index < -0.39 is 0 Å². The summed E-state index contributed by atoms with van der Waals surface area (Å²) in [4.78, 5) is 0. The van der Waals surface area contributed by atoms with Crippen molar-refractivity contribution in [2.75, 3.05) is 13.1 Å². The quantitative estimate of drug-likeness (QED) is 0.728. The molecule has 0 radical (unpaired) electrons. The van der Waals surface area contributed by atoms with Gasteiger partial charge in [0.05, 0.1) is 0 Å². The van der Waals surface area contributed by atoms with E-state index in [0.717, 1.165) is 24.5 Å². The lowest BCUT2D eigenvalue weighted by Gasteiger charge is -2.42. The SMILES string of the molecule is C[C@H]1Cc2c(Cl)cccc2[C@H]2CNC[C@@]21C. The summed E-state index contributed by atoms with van der Waals surface area (Å²) in [6.07, 6.45) is 1.13. The first-order chi connectivity index (χ1) is 7.63. The summed E-state index contributed by atoms with van der Waals surface area (Å²) in [7, 11) is 0. The van der Waals surface area contributed by atoms with Crippen LogP contribution in [0.1, 0.15) is 30.9 Å². The fourth-order valence-corrected chi connectivity index (χ4v) is 3.74. The monoisotopic (exact) mass is 235 g/mol. The highest BCUT2D eigenvalue weighted by Crippen LogP contribution is 2.51. The fraction of sp³-hybridized carbons (Fsp3) is 0.571. The number of benzene rings is 1. The molecule has 1 aliphatic carbocycles. The van der Waals surface area contributed by atoms with Crippen molar-refractivity contribution in [3.05, 3.63) is 34.3 Å². The maximum atomic E-state index is 6.32. The van der Waals surface area contributed by atoms with E-state index in [0.29, 0.717) is 17.3 Å². The molecule has 0 saturated carbocycles. The van der Waals surface area contributed by atoms with Gasteiger partial charge in [-0.05, 0) is 34.9 Å². The highest BCUT2D eigenvalue weighted by Gasteiger charge is 2.47. The number of halogens is 1. The zero-order valence-corrected chi connectivity index (χ0v) is 10.6. The number of hydrogen-bond acceptors (Lipinski definition) is 1. The maximum Gasteiger partial charge on any atom is 0.0440 e. The van der Waals surface area contributed by atoms with Crippen molar-refractivity contribution >= 4 is 11.6 Å². The molecule has 3 atom stereocenters. The van der Waals surface area contributed by atoms with Gasteiger partial charge in [-0.3, -0.25) is 0 Å². The Morgan fingerprint density at radius 3 is 3.06 bits per heavy atom. The predicted octanol–water partition coefficient (Wildman–Crippen LogP) is 3.23. The highest BCUT2D eigenvalue weighted by molar-refractivity contribution is 6.31. The molecule has 1 aromatic carbocycles. The van der Waals surface area contributed by atoms with Crippen molar-refractivity contribution in [1.29, 1.82) is 0 Å². The normalized spacial score (nSPS) is 36.9. The van der Waals surface area contributed by atoms with Crippen molar-refractivity contribution in [3.63, 3.8) is 0 Å². The Labute approximate surface area is 102 Å². The van der Waals surface area contributed by atoms with Crippen LogP contribution in [-0.4, -0.2) is 13.1 Å². The van der Waals surface area contributed by atoms with Gasteiger partial charge in [0.15, 0.2) is 0 Å². The third-order valence-corrected chi connectivity index (χ3v) is 5.17. The highest BCUT2D eigenvalue weighted by atomic mass is 35.5. The van der Waals surface area contributed by atoms with Gasteiger partial charge in [-0.2, -0.15) is 0 Å². The van der Waals surface area contributed by atoms with E-state index in [1.165, 1.54) is 11.1 Å². The Hall–Kier alpha value is -0.530. The molecule has 1 aliphatic heterocycles. The molecule has 1 fully saturated rings. The van der Waals surface area contributed by atoms with Crippen LogP contribution in [0, 0.1) is 11.3 Å². The molecule has 0 unspecified atom stereocenters. The molecule has 1 aromatic rings. The number of nitrogens with one attached hydrogen (secondary N) is 1. The van der Waals surface area contributed by atoms with Crippen LogP contribution in [0.15, 0.2) is 18.2 Å². The van der Waals surface area contributed by atoms with Crippen LogP contribution in [0.25, 0.3) is 0 Å². The molecule has 3 rings (SSSR count). The van der Waals surface area contributed by atoms with Crippen molar-refractivity contribution in [3.8, 4) is 0 Å². The van der Waals surface area contributed by atoms with Crippen LogP contribution < -0.4 is 5.32 Å². The lowest BCUT2D eigenvalue weighted by molar-refractivity contribution is 0.184.